The van der Waals surface area contributed by atoms with Gasteiger partial charge in [-0.25, -0.2) is 18.6 Å². The number of aromatic carboxylic acids is 1. The molecule has 0 aliphatic carbocycles. The van der Waals surface area contributed by atoms with Gasteiger partial charge < -0.3 is 5.11 Å². The third-order valence-corrected chi connectivity index (χ3v) is 2.19. The second-order valence-corrected chi connectivity index (χ2v) is 3.37. The third kappa shape index (κ3) is 1.70. The number of halogens is 3. The van der Waals surface area contributed by atoms with Gasteiger partial charge in [-0.05, 0) is 0 Å². The summed E-state index contributed by atoms with van der Waals surface area (Å²) in [5.41, 5.74) is -0.766. The zero-order valence-corrected chi connectivity index (χ0v) is 6.99. The van der Waals surface area contributed by atoms with Gasteiger partial charge in [0, 0.05) is 0 Å². The van der Waals surface area contributed by atoms with E-state index in [9.17, 15) is 13.6 Å². The molecule has 0 unspecified atom stereocenters. The van der Waals surface area contributed by atoms with Gasteiger partial charge in [-0.2, -0.15) is 0 Å². The second kappa shape index (κ2) is 3.32. The number of hydrogen-bond acceptors (Lipinski definition) is 3. The molecule has 0 spiro atoms. The summed E-state index contributed by atoms with van der Waals surface area (Å²) in [7, 11) is 0. The van der Waals surface area contributed by atoms with Crippen molar-refractivity contribution in [2.45, 2.75) is 6.43 Å². The van der Waals surface area contributed by atoms with Crippen molar-refractivity contribution in [3.8, 4) is 0 Å². The Hall–Kier alpha value is -0.750. The average Bonchev–Trinajstić information content (AvgIpc) is 2.31. The molecule has 0 aromatic carbocycles. The summed E-state index contributed by atoms with van der Waals surface area (Å²) < 4.78 is 23.9. The quantitative estimate of drug-likeness (QED) is 0.821. The van der Waals surface area contributed by atoms with E-state index in [1.165, 1.54) is 0 Å². The smallest absolute Gasteiger partial charge is 0.348 e. The van der Waals surface area contributed by atoms with Gasteiger partial charge in [0.2, 0.25) is 0 Å². The van der Waals surface area contributed by atoms with Crippen LogP contribution >= 0.6 is 22.9 Å². The van der Waals surface area contributed by atoms with E-state index in [0.29, 0.717) is 11.3 Å². The number of nitrogens with zero attached hydrogens (tertiary/aromatic N) is 1. The summed E-state index contributed by atoms with van der Waals surface area (Å²) in [6, 6.07) is 0. The first-order chi connectivity index (χ1) is 5.52. The number of alkyl halides is 2. The molecule has 1 heterocycles. The minimum atomic E-state index is -2.90. The van der Waals surface area contributed by atoms with Crippen molar-refractivity contribution < 1.29 is 18.7 Å². The maximum atomic E-state index is 12.0. The SMILES string of the molecule is O=C(O)c1sc(Cl)nc1C(F)F. The number of hydrogen-bond donors (Lipinski definition) is 1. The van der Waals surface area contributed by atoms with E-state index < -0.39 is 23.0 Å². The van der Waals surface area contributed by atoms with Crippen molar-refractivity contribution in [3.63, 3.8) is 0 Å². The van der Waals surface area contributed by atoms with Crippen LogP contribution in [-0.4, -0.2) is 16.1 Å². The topological polar surface area (TPSA) is 50.2 Å². The highest BCUT2D eigenvalue weighted by Gasteiger charge is 2.23. The van der Waals surface area contributed by atoms with Crippen LogP contribution in [0.1, 0.15) is 21.8 Å². The van der Waals surface area contributed by atoms with E-state index in [1.54, 1.807) is 0 Å². The number of carboxylic acid groups (broad SMARTS) is 1. The molecule has 1 rings (SSSR count). The van der Waals surface area contributed by atoms with Crippen LogP contribution in [0.15, 0.2) is 0 Å². The summed E-state index contributed by atoms with van der Waals surface area (Å²) in [6.07, 6.45) is -2.90. The molecular formula is C5H2ClF2NO2S. The molecular weight excluding hydrogens is 212 g/mol. The van der Waals surface area contributed by atoms with Crippen LogP contribution in [-0.2, 0) is 0 Å². The Kier molecular flexibility index (Phi) is 2.58. The number of thiazole rings is 1. The van der Waals surface area contributed by atoms with Gasteiger partial charge in [-0.3, -0.25) is 0 Å². The zero-order chi connectivity index (χ0) is 9.30. The van der Waals surface area contributed by atoms with Gasteiger partial charge in [0.05, 0.1) is 0 Å². The molecule has 3 nitrogen and oxygen atoms in total. The minimum Gasteiger partial charge on any atom is -0.477 e. The summed E-state index contributed by atoms with van der Waals surface area (Å²) in [5, 5.41) is 8.41. The van der Waals surface area contributed by atoms with E-state index in [0.717, 1.165) is 0 Å². The molecule has 1 N–H and O–H groups in total. The Morgan fingerprint density at radius 1 is 1.67 bits per heavy atom. The molecule has 1 aromatic heterocycles. The fourth-order valence-corrected chi connectivity index (χ4v) is 1.57. The first-order valence-electron chi connectivity index (χ1n) is 2.70. The molecule has 0 radical (unpaired) electrons. The maximum absolute atomic E-state index is 12.0. The van der Waals surface area contributed by atoms with E-state index in [4.69, 9.17) is 16.7 Å². The molecule has 66 valence electrons. The Morgan fingerprint density at radius 2 is 2.25 bits per heavy atom. The van der Waals surface area contributed by atoms with Crippen LogP contribution in [0.4, 0.5) is 8.78 Å². The Labute approximate surface area is 74.6 Å². The van der Waals surface area contributed by atoms with Gasteiger partial charge in [0.15, 0.2) is 4.47 Å². The van der Waals surface area contributed by atoms with E-state index in [2.05, 4.69) is 4.98 Å². The molecule has 0 atom stereocenters. The maximum Gasteiger partial charge on any atom is 0.348 e. The predicted octanol–water partition coefficient (Wildman–Crippen LogP) is 2.43. The summed E-state index contributed by atoms with van der Waals surface area (Å²) in [6.45, 7) is 0. The van der Waals surface area contributed by atoms with Gasteiger partial charge in [0.1, 0.15) is 10.6 Å². The fourth-order valence-electron chi connectivity index (χ4n) is 0.606. The lowest BCUT2D eigenvalue weighted by atomic mass is 10.4. The molecule has 7 heteroatoms. The normalized spacial score (nSPS) is 10.7. The molecule has 1 aromatic rings. The standard InChI is InChI=1S/C5H2ClF2NO2S/c6-5-9-1(3(7)8)2(12-5)4(10)11/h3H,(H,10,11). The van der Waals surface area contributed by atoms with Gasteiger partial charge in [-0.15, -0.1) is 0 Å². The molecule has 0 aliphatic rings. The molecule has 0 saturated carbocycles. The van der Waals surface area contributed by atoms with Crippen molar-refractivity contribution in [3.05, 3.63) is 15.0 Å². The lowest BCUT2D eigenvalue weighted by Crippen LogP contribution is -1.98. The van der Waals surface area contributed by atoms with E-state index in [-0.39, 0.29) is 4.47 Å². The summed E-state index contributed by atoms with van der Waals surface area (Å²) >= 11 is 5.79. The lowest BCUT2D eigenvalue weighted by molar-refractivity contribution is 0.0689. The number of carbonyl (C=O) groups is 1. The lowest BCUT2D eigenvalue weighted by Gasteiger charge is -1.93. The van der Waals surface area contributed by atoms with Crippen LogP contribution < -0.4 is 0 Å². The van der Waals surface area contributed by atoms with E-state index in [1.807, 2.05) is 0 Å². The highest BCUT2D eigenvalue weighted by Crippen LogP contribution is 2.29. The Balaban J connectivity index is 3.17. The summed E-state index contributed by atoms with van der Waals surface area (Å²) in [4.78, 5) is 13.0. The van der Waals surface area contributed by atoms with Crippen LogP contribution in [0.2, 0.25) is 4.47 Å². The van der Waals surface area contributed by atoms with Crippen molar-refractivity contribution in [1.82, 2.24) is 4.98 Å². The minimum absolute atomic E-state index is 0.192. The predicted molar refractivity (Wildman–Crippen MR) is 39.0 cm³/mol. The number of carboxylic acids is 1. The molecule has 0 fully saturated rings. The zero-order valence-electron chi connectivity index (χ0n) is 5.42. The fraction of sp³-hybridized carbons (Fsp3) is 0.200. The highest BCUT2D eigenvalue weighted by molar-refractivity contribution is 7.17. The van der Waals surface area contributed by atoms with Gasteiger partial charge >= 0.3 is 5.97 Å². The van der Waals surface area contributed by atoms with Crippen molar-refractivity contribution in [2.24, 2.45) is 0 Å². The summed E-state index contributed by atoms with van der Waals surface area (Å²) in [5.74, 6) is -1.44. The van der Waals surface area contributed by atoms with Crippen LogP contribution in [0.3, 0.4) is 0 Å². The molecule has 0 saturated heterocycles. The molecule has 0 aliphatic heterocycles. The van der Waals surface area contributed by atoms with Crippen LogP contribution in [0.5, 0.6) is 0 Å². The third-order valence-electron chi connectivity index (χ3n) is 1.03. The van der Waals surface area contributed by atoms with E-state index >= 15 is 0 Å². The highest BCUT2D eigenvalue weighted by atomic mass is 35.5. The number of aromatic nitrogens is 1. The van der Waals surface area contributed by atoms with Crippen molar-refractivity contribution >= 4 is 28.9 Å². The Bertz CT molecular complexity index is 314. The molecule has 0 amide bonds. The monoisotopic (exact) mass is 213 g/mol. The van der Waals surface area contributed by atoms with Crippen LogP contribution in [0, 0.1) is 0 Å². The Morgan fingerprint density at radius 3 is 2.58 bits per heavy atom. The average molecular weight is 214 g/mol. The molecule has 12 heavy (non-hydrogen) atoms. The first kappa shape index (κ1) is 9.34. The van der Waals surface area contributed by atoms with Gasteiger partial charge in [-0.1, -0.05) is 22.9 Å². The molecule has 0 bridgehead atoms. The van der Waals surface area contributed by atoms with Gasteiger partial charge in [0.25, 0.3) is 6.43 Å². The van der Waals surface area contributed by atoms with Crippen molar-refractivity contribution in [1.29, 1.82) is 0 Å². The van der Waals surface area contributed by atoms with Crippen LogP contribution in [0.25, 0.3) is 0 Å². The largest absolute Gasteiger partial charge is 0.477 e. The number of rotatable bonds is 2. The second-order valence-electron chi connectivity index (χ2n) is 1.79. The first-order valence-corrected chi connectivity index (χ1v) is 3.89. The van der Waals surface area contributed by atoms with Crippen molar-refractivity contribution in [2.75, 3.05) is 0 Å².